The van der Waals surface area contributed by atoms with Crippen molar-refractivity contribution in [2.45, 2.75) is 18.4 Å². The number of aryl methyl sites for hydroxylation is 1. The van der Waals surface area contributed by atoms with Crippen LogP contribution >= 0.6 is 24.2 Å². The molecule has 2 aromatic carbocycles. The maximum Gasteiger partial charge on any atom is 0.251 e. The number of thiol groups is 1. The molecule has 2 rings (SSSR count). The fourth-order valence-corrected chi connectivity index (χ4v) is 2.20. The number of rotatable bonds is 3. The fourth-order valence-electron chi connectivity index (χ4n) is 1.78. The van der Waals surface area contributed by atoms with Gasteiger partial charge in [0.1, 0.15) is 0 Å². The molecule has 0 aliphatic rings. The van der Waals surface area contributed by atoms with Crippen molar-refractivity contribution in [2.75, 3.05) is 0 Å². The lowest BCUT2D eigenvalue weighted by molar-refractivity contribution is 0.0950. The predicted octanol–water partition coefficient (Wildman–Crippen LogP) is 3.87. The lowest BCUT2D eigenvalue weighted by Gasteiger charge is -2.08. The minimum atomic E-state index is -0.103. The average Bonchev–Trinajstić information content (AvgIpc) is 2.39. The molecule has 0 saturated heterocycles. The maximum atomic E-state index is 12.1. The van der Waals surface area contributed by atoms with Gasteiger partial charge in [-0.05, 0) is 42.3 Å². The van der Waals surface area contributed by atoms with Gasteiger partial charge in [-0.2, -0.15) is 0 Å². The molecule has 0 radical (unpaired) electrons. The molecule has 0 spiro atoms. The summed E-state index contributed by atoms with van der Waals surface area (Å²) in [7, 11) is 0. The summed E-state index contributed by atoms with van der Waals surface area (Å²) in [6.45, 7) is 2.36. The third kappa shape index (κ3) is 3.75. The van der Waals surface area contributed by atoms with Gasteiger partial charge in [0.05, 0.1) is 0 Å². The molecular formula is C15H14ClNOS. The topological polar surface area (TPSA) is 29.1 Å². The molecule has 2 nitrogen and oxygen atoms in total. The number of hydrogen-bond acceptors (Lipinski definition) is 2. The van der Waals surface area contributed by atoms with E-state index < -0.39 is 0 Å². The van der Waals surface area contributed by atoms with Crippen LogP contribution in [0, 0.1) is 6.92 Å². The van der Waals surface area contributed by atoms with Crippen molar-refractivity contribution in [3.8, 4) is 0 Å². The van der Waals surface area contributed by atoms with E-state index in [1.165, 1.54) is 0 Å². The largest absolute Gasteiger partial charge is 0.348 e. The Hall–Kier alpha value is -1.45. The summed E-state index contributed by atoms with van der Waals surface area (Å²) in [4.78, 5) is 12.9. The second-order valence-corrected chi connectivity index (χ2v) is 5.26. The zero-order valence-electron chi connectivity index (χ0n) is 10.5. The van der Waals surface area contributed by atoms with Crippen LogP contribution < -0.4 is 5.32 Å². The summed E-state index contributed by atoms with van der Waals surface area (Å²) in [5, 5.41) is 3.55. The Morgan fingerprint density at radius 2 is 2.05 bits per heavy atom. The van der Waals surface area contributed by atoms with E-state index in [0.717, 1.165) is 16.0 Å². The normalized spacial score (nSPS) is 10.3. The number of amides is 1. The highest BCUT2D eigenvalue weighted by Gasteiger charge is 2.08. The zero-order valence-corrected chi connectivity index (χ0v) is 12.1. The second kappa shape index (κ2) is 6.13. The zero-order chi connectivity index (χ0) is 13.8. The number of carbonyl (C=O) groups is 1. The number of carbonyl (C=O) groups excluding carboxylic acids is 1. The Morgan fingerprint density at radius 3 is 2.79 bits per heavy atom. The molecule has 1 N–H and O–H groups in total. The average molecular weight is 292 g/mol. The highest BCUT2D eigenvalue weighted by atomic mass is 35.5. The minimum Gasteiger partial charge on any atom is -0.348 e. The fraction of sp³-hybridized carbons (Fsp3) is 0.133. The molecular weight excluding hydrogens is 278 g/mol. The second-order valence-electron chi connectivity index (χ2n) is 4.31. The van der Waals surface area contributed by atoms with Gasteiger partial charge in [-0.25, -0.2) is 0 Å². The number of halogens is 1. The van der Waals surface area contributed by atoms with Crippen LogP contribution in [0.1, 0.15) is 21.5 Å². The van der Waals surface area contributed by atoms with E-state index in [9.17, 15) is 4.79 Å². The van der Waals surface area contributed by atoms with Crippen molar-refractivity contribution in [1.82, 2.24) is 5.32 Å². The van der Waals surface area contributed by atoms with Crippen molar-refractivity contribution in [3.05, 3.63) is 64.2 Å². The molecule has 0 fully saturated rings. The quantitative estimate of drug-likeness (QED) is 0.826. The molecule has 19 heavy (non-hydrogen) atoms. The molecule has 2 aromatic rings. The van der Waals surface area contributed by atoms with E-state index in [1.54, 1.807) is 12.1 Å². The van der Waals surface area contributed by atoms with Crippen LogP contribution in [0.3, 0.4) is 0 Å². The minimum absolute atomic E-state index is 0.103. The van der Waals surface area contributed by atoms with Gasteiger partial charge in [0.2, 0.25) is 0 Å². The summed E-state index contributed by atoms with van der Waals surface area (Å²) >= 11 is 10.2. The van der Waals surface area contributed by atoms with Gasteiger partial charge < -0.3 is 5.32 Å². The van der Waals surface area contributed by atoms with Crippen LogP contribution in [-0.2, 0) is 6.54 Å². The molecule has 0 saturated carbocycles. The van der Waals surface area contributed by atoms with Crippen molar-refractivity contribution < 1.29 is 4.79 Å². The third-order valence-corrected chi connectivity index (χ3v) is 3.32. The summed E-state index contributed by atoms with van der Waals surface area (Å²) in [6.07, 6.45) is 0. The van der Waals surface area contributed by atoms with Crippen molar-refractivity contribution >= 4 is 30.1 Å². The van der Waals surface area contributed by atoms with Crippen LogP contribution in [0.15, 0.2) is 47.4 Å². The Bertz CT molecular complexity index is 613. The lowest BCUT2D eigenvalue weighted by atomic mass is 10.1. The standard InChI is InChI=1S/C15H14ClNOS/c1-10-5-6-13(19)8-14(10)15(18)17-9-11-3-2-4-12(16)7-11/h2-8,19H,9H2,1H3,(H,17,18). The van der Waals surface area contributed by atoms with E-state index in [1.807, 2.05) is 37.3 Å². The number of nitrogens with one attached hydrogen (secondary N) is 1. The molecule has 0 bridgehead atoms. The molecule has 0 heterocycles. The lowest BCUT2D eigenvalue weighted by Crippen LogP contribution is -2.23. The van der Waals surface area contributed by atoms with Gasteiger partial charge in [0.25, 0.3) is 5.91 Å². The van der Waals surface area contributed by atoms with Crippen molar-refractivity contribution in [2.24, 2.45) is 0 Å². The van der Waals surface area contributed by atoms with Crippen LogP contribution in [0.2, 0.25) is 5.02 Å². The Morgan fingerprint density at radius 1 is 1.26 bits per heavy atom. The van der Waals surface area contributed by atoms with E-state index in [0.29, 0.717) is 17.1 Å². The smallest absolute Gasteiger partial charge is 0.251 e. The van der Waals surface area contributed by atoms with E-state index in [2.05, 4.69) is 17.9 Å². The van der Waals surface area contributed by atoms with Gasteiger partial charge in [-0.15, -0.1) is 12.6 Å². The first-order chi connectivity index (χ1) is 9.06. The number of benzene rings is 2. The Labute approximate surface area is 123 Å². The molecule has 0 aliphatic carbocycles. The van der Waals surface area contributed by atoms with Crippen LogP contribution in [-0.4, -0.2) is 5.91 Å². The molecule has 4 heteroatoms. The van der Waals surface area contributed by atoms with Crippen molar-refractivity contribution in [1.29, 1.82) is 0 Å². The van der Waals surface area contributed by atoms with Crippen LogP contribution in [0.25, 0.3) is 0 Å². The SMILES string of the molecule is Cc1ccc(S)cc1C(=O)NCc1cccc(Cl)c1. The van der Waals surface area contributed by atoms with Gasteiger partial charge in [0.15, 0.2) is 0 Å². The third-order valence-electron chi connectivity index (χ3n) is 2.81. The van der Waals surface area contributed by atoms with E-state index in [-0.39, 0.29) is 5.91 Å². The maximum absolute atomic E-state index is 12.1. The van der Waals surface area contributed by atoms with E-state index in [4.69, 9.17) is 11.6 Å². The summed E-state index contributed by atoms with van der Waals surface area (Å²) in [5.41, 5.74) is 2.55. The first kappa shape index (κ1) is 14.0. The van der Waals surface area contributed by atoms with Gasteiger partial charge in [0, 0.05) is 22.0 Å². The summed E-state index contributed by atoms with van der Waals surface area (Å²) in [5.74, 6) is -0.103. The Kier molecular flexibility index (Phi) is 4.51. The summed E-state index contributed by atoms with van der Waals surface area (Å²) < 4.78 is 0. The van der Waals surface area contributed by atoms with Crippen molar-refractivity contribution in [3.63, 3.8) is 0 Å². The molecule has 0 unspecified atom stereocenters. The molecule has 0 atom stereocenters. The summed E-state index contributed by atoms with van der Waals surface area (Å²) in [6, 6.07) is 13.0. The van der Waals surface area contributed by atoms with Gasteiger partial charge in [-0.1, -0.05) is 29.8 Å². The van der Waals surface area contributed by atoms with Gasteiger partial charge >= 0.3 is 0 Å². The predicted molar refractivity (Wildman–Crippen MR) is 81.1 cm³/mol. The highest BCUT2D eigenvalue weighted by Crippen LogP contribution is 2.15. The van der Waals surface area contributed by atoms with Crippen LogP contribution in [0.5, 0.6) is 0 Å². The molecule has 1 amide bonds. The molecule has 0 aliphatic heterocycles. The molecule has 98 valence electrons. The monoisotopic (exact) mass is 291 g/mol. The molecule has 0 aromatic heterocycles. The first-order valence-corrected chi connectivity index (χ1v) is 6.71. The number of hydrogen-bond donors (Lipinski definition) is 2. The highest BCUT2D eigenvalue weighted by molar-refractivity contribution is 7.80. The Balaban J connectivity index is 2.07. The van der Waals surface area contributed by atoms with Crippen LogP contribution in [0.4, 0.5) is 0 Å². The van der Waals surface area contributed by atoms with E-state index >= 15 is 0 Å². The van der Waals surface area contributed by atoms with Gasteiger partial charge in [-0.3, -0.25) is 4.79 Å². The first-order valence-electron chi connectivity index (χ1n) is 5.88.